The summed E-state index contributed by atoms with van der Waals surface area (Å²) in [5.74, 6) is 0. The van der Waals surface area contributed by atoms with E-state index in [0.29, 0.717) is 0 Å². The number of hydrogen-bond donors (Lipinski definition) is 1. The number of hydrogen-bond acceptors (Lipinski definition) is 1. The summed E-state index contributed by atoms with van der Waals surface area (Å²) in [6.07, 6.45) is 0. The maximum Gasteiger partial charge on any atom is 0.0299 e. The molecular formula is C30H31N. The molecule has 0 saturated carbocycles. The molecule has 1 heteroatoms. The monoisotopic (exact) mass is 405 g/mol. The molecular weight excluding hydrogens is 374 g/mol. The van der Waals surface area contributed by atoms with E-state index in [1.807, 2.05) is 0 Å². The predicted octanol–water partition coefficient (Wildman–Crippen LogP) is 6.59. The molecule has 4 aromatic carbocycles. The molecule has 1 N–H and O–H groups in total. The van der Waals surface area contributed by atoms with E-state index in [0.717, 1.165) is 13.1 Å². The molecule has 0 unspecified atom stereocenters. The molecule has 4 rings (SSSR count). The maximum absolute atomic E-state index is 3.86. The van der Waals surface area contributed by atoms with Crippen LogP contribution in [0.15, 0.2) is 121 Å². The van der Waals surface area contributed by atoms with Gasteiger partial charge in [-0.15, -0.1) is 0 Å². The second kappa shape index (κ2) is 9.32. The first-order valence-electron chi connectivity index (χ1n) is 11.1. The van der Waals surface area contributed by atoms with Crippen LogP contribution in [-0.4, -0.2) is 13.1 Å². The van der Waals surface area contributed by atoms with Crippen LogP contribution in [-0.2, 0) is 10.8 Å². The van der Waals surface area contributed by atoms with E-state index in [-0.39, 0.29) is 10.8 Å². The standard InChI is InChI=1S/C30H31N/c1-29(25-15-7-3-8-16-25,26-17-9-4-10-18-26)23-31-24-30(2,27-19-11-5-12-20-27)28-21-13-6-14-22-28/h3-22,31H,23-24H2,1-2H3. The van der Waals surface area contributed by atoms with E-state index in [1.165, 1.54) is 22.3 Å². The van der Waals surface area contributed by atoms with Crippen LogP contribution in [0.1, 0.15) is 36.1 Å². The van der Waals surface area contributed by atoms with E-state index in [4.69, 9.17) is 0 Å². The largest absolute Gasteiger partial charge is 0.314 e. The van der Waals surface area contributed by atoms with E-state index in [1.54, 1.807) is 0 Å². The normalized spacial score (nSPS) is 11.9. The third-order valence-corrected chi connectivity index (χ3v) is 6.60. The van der Waals surface area contributed by atoms with Crippen LogP contribution in [0, 0.1) is 0 Å². The summed E-state index contributed by atoms with van der Waals surface area (Å²) in [7, 11) is 0. The molecule has 0 aliphatic heterocycles. The molecule has 0 spiro atoms. The lowest BCUT2D eigenvalue weighted by molar-refractivity contribution is 0.444. The maximum atomic E-state index is 3.86. The van der Waals surface area contributed by atoms with Crippen molar-refractivity contribution in [3.8, 4) is 0 Å². The molecule has 0 heterocycles. The Kier molecular flexibility index (Phi) is 6.34. The van der Waals surface area contributed by atoms with Crippen molar-refractivity contribution in [2.24, 2.45) is 0 Å². The number of rotatable bonds is 8. The highest BCUT2D eigenvalue weighted by Gasteiger charge is 2.32. The molecule has 156 valence electrons. The number of benzene rings is 4. The Hall–Kier alpha value is -3.16. The van der Waals surface area contributed by atoms with Crippen molar-refractivity contribution in [2.75, 3.05) is 13.1 Å². The Morgan fingerprint density at radius 1 is 0.419 bits per heavy atom. The Labute approximate surface area is 186 Å². The summed E-state index contributed by atoms with van der Waals surface area (Å²) in [6, 6.07) is 43.3. The summed E-state index contributed by atoms with van der Waals surface area (Å²) >= 11 is 0. The highest BCUT2D eigenvalue weighted by molar-refractivity contribution is 5.41. The Morgan fingerprint density at radius 2 is 0.645 bits per heavy atom. The summed E-state index contributed by atoms with van der Waals surface area (Å²) < 4.78 is 0. The van der Waals surface area contributed by atoms with E-state index in [2.05, 4.69) is 140 Å². The summed E-state index contributed by atoms with van der Waals surface area (Å²) in [4.78, 5) is 0. The lowest BCUT2D eigenvalue weighted by Gasteiger charge is -2.36. The summed E-state index contributed by atoms with van der Waals surface area (Å²) in [5.41, 5.74) is 5.09. The fourth-order valence-electron chi connectivity index (χ4n) is 4.53. The average molecular weight is 406 g/mol. The van der Waals surface area contributed by atoms with Crippen LogP contribution < -0.4 is 5.32 Å². The summed E-state index contributed by atoms with van der Waals surface area (Å²) in [6.45, 7) is 6.40. The van der Waals surface area contributed by atoms with Gasteiger partial charge in [-0.25, -0.2) is 0 Å². The van der Waals surface area contributed by atoms with Gasteiger partial charge < -0.3 is 5.32 Å². The van der Waals surface area contributed by atoms with Gasteiger partial charge in [-0.2, -0.15) is 0 Å². The van der Waals surface area contributed by atoms with E-state index < -0.39 is 0 Å². The first-order valence-corrected chi connectivity index (χ1v) is 11.1. The van der Waals surface area contributed by atoms with Crippen LogP contribution in [0.5, 0.6) is 0 Å². The van der Waals surface area contributed by atoms with Gasteiger partial charge in [0.25, 0.3) is 0 Å². The average Bonchev–Trinajstić information content (AvgIpc) is 2.86. The van der Waals surface area contributed by atoms with Gasteiger partial charge in [0.15, 0.2) is 0 Å². The highest BCUT2D eigenvalue weighted by atomic mass is 14.9. The summed E-state index contributed by atoms with van der Waals surface area (Å²) in [5, 5.41) is 3.86. The quantitative estimate of drug-likeness (QED) is 0.349. The van der Waals surface area contributed by atoms with Gasteiger partial charge in [-0.05, 0) is 22.3 Å². The molecule has 0 radical (unpaired) electrons. The third kappa shape index (κ3) is 4.47. The molecule has 4 aromatic rings. The van der Waals surface area contributed by atoms with Crippen molar-refractivity contribution in [1.29, 1.82) is 0 Å². The second-order valence-electron chi connectivity index (χ2n) is 8.73. The minimum Gasteiger partial charge on any atom is -0.314 e. The van der Waals surface area contributed by atoms with Gasteiger partial charge in [0, 0.05) is 23.9 Å². The number of nitrogens with one attached hydrogen (secondary N) is 1. The smallest absolute Gasteiger partial charge is 0.0299 e. The van der Waals surface area contributed by atoms with Crippen molar-refractivity contribution in [1.82, 2.24) is 5.32 Å². The van der Waals surface area contributed by atoms with Crippen LogP contribution in [0.25, 0.3) is 0 Å². The first kappa shape index (κ1) is 21.1. The van der Waals surface area contributed by atoms with E-state index >= 15 is 0 Å². The van der Waals surface area contributed by atoms with Gasteiger partial charge in [-0.3, -0.25) is 0 Å². The zero-order valence-corrected chi connectivity index (χ0v) is 18.5. The van der Waals surface area contributed by atoms with Crippen molar-refractivity contribution in [2.45, 2.75) is 24.7 Å². The fourth-order valence-corrected chi connectivity index (χ4v) is 4.53. The SMILES string of the molecule is CC(CNCC(C)(c1ccccc1)c1ccccc1)(c1ccccc1)c1ccccc1. The molecule has 31 heavy (non-hydrogen) atoms. The van der Waals surface area contributed by atoms with Crippen LogP contribution in [0.3, 0.4) is 0 Å². The van der Waals surface area contributed by atoms with Gasteiger partial charge in [0.1, 0.15) is 0 Å². The second-order valence-corrected chi connectivity index (χ2v) is 8.73. The van der Waals surface area contributed by atoms with Gasteiger partial charge >= 0.3 is 0 Å². The molecule has 0 amide bonds. The van der Waals surface area contributed by atoms with Crippen LogP contribution in [0.4, 0.5) is 0 Å². The highest BCUT2D eigenvalue weighted by Crippen LogP contribution is 2.34. The molecule has 1 nitrogen and oxygen atoms in total. The minimum absolute atomic E-state index is 0.114. The first-order chi connectivity index (χ1) is 15.1. The Balaban J connectivity index is 1.64. The molecule has 0 bridgehead atoms. The molecule has 0 aliphatic rings. The van der Waals surface area contributed by atoms with Gasteiger partial charge in [-0.1, -0.05) is 135 Å². The van der Waals surface area contributed by atoms with Crippen LogP contribution >= 0.6 is 0 Å². The molecule has 0 aliphatic carbocycles. The van der Waals surface area contributed by atoms with Crippen molar-refractivity contribution >= 4 is 0 Å². The fraction of sp³-hybridized carbons (Fsp3) is 0.200. The molecule has 0 aromatic heterocycles. The van der Waals surface area contributed by atoms with Gasteiger partial charge in [0.2, 0.25) is 0 Å². The lowest BCUT2D eigenvalue weighted by atomic mass is 9.74. The lowest BCUT2D eigenvalue weighted by Crippen LogP contribution is -2.43. The Morgan fingerprint density at radius 3 is 0.871 bits per heavy atom. The molecule has 0 saturated heterocycles. The van der Waals surface area contributed by atoms with Crippen molar-refractivity contribution in [3.63, 3.8) is 0 Å². The van der Waals surface area contributed by atoms with Crippen molar-refractivity contribution in [3.05, 3.63) is 144 Å². The zero-order chi connectivity index (χ0) is 21.6. The third-order valence-electron chi connectivity index (χ3n) is 6.60. The van der Waals surface area contributed by atoms with Gasteiger partial charge in [0.05, 0.1) is 0 Å². The molecule has 0 fully saturated rings. The van der Waals surface area contributed by atoms with E-state index in [9.17, 15) is 0 Å². The zero-order valence-electron chi connectivity index (χ0n) is 18.5. The topological polar surface area (TPSA) is 12.0 Å². The predicted molar refractivity (Wildman–Crippen MR) is 132 cm³/mol. The Bertz CT molecular complexity index is 888. The minimum atomic E-state index is -0.114. The van der Waals surface area contributed by atoms with Crippen molar-refractivity contribution < 1.29 is 0 Å². The van der Waals surface area contributed by atoms with Crippen LogP contribution in [0.2, 0.25) is 0 Å². The molecule has 0 atom stereocenters.